The maximum Gasteiger partial charge on any atom is 0.305 e. The molecule has 0 heterocycles. The van der Waals surface area contributed by atoms with Gasteiger partial charge in [0, 0.05) is 6.42 Å². The largest absolute Gasteiger partial charge is 0.756 e. The number of hydrogen-bond acceptors (Lipinski definition) is 7. The molecule has 2 atom stereocenters. The van der Waals surface area contributed by atoms with Gasteiger partial charge in [0.2, 0.25) is 0 Å². The Morgan fingerprint density at radius 1 is 0.608 bits per heavy atom. The van der Waals surface area contributed by atoms with Crippen LogP contribution in [0.5, 0.6) is 0 Å². The van der Waals surface area contributed by atoms with E-state index in [1.165, 1.54) is 128 Å². The van der Waals surface area contributed by atoms with Crippen molar-refractivity contribution in [1.82, 2.24) is 0 Å². The maximum atomic E-state index is 12.4. The van der Waals surface area contributed by atoms with E-state index in [-0.39, 0.29) is 25.8 Å². The first kappa shape index (κ1) is 49.8. The van der Waals surface area contributed by atoms with Gasteiger partial charge in [-0.3, -0.25) is 9.36 Å². The van der Waals surface area contributed by atoms with Gasteiger partial charge in [-0.15, -0.1) is 0 Å². The number of hydrogen-bond donors (Lipinski definition) is 0. The molecule has 2 unspecified atom stereocenters. The number of carbonyl (C=O) groups is 1. The highest BCUT2D eigenvalue weighted by Gasteiger charge is 2.19. The number of rotatable bonds is 39. The van der Waals surface area contributed by atoms with Crippen LogP contribution in [-0.2, 0) is 27.9 Å². The van der Waals surface area contributed by atoms with E-state index in [1.54, 1.807) is 6.26 Å². The lowest BCUT2D eigenvalue weighted by molar-refractivity contribution is -0.870. The average molecular weight is 744 g/mol. The predicted molar refractivity (Wildman–Crippen MR) is 213 cm³/mol. The van der Waals surface area contributed by atoms with Crippen molar-refractivity contribution in [3.05, 3.63) is 24.5 Å². The fourth-order valence-corrected chi connectivity index (χ4v) is 6.43. The third-order valence-electron chi connectivity index (χ3n) is 9.09. The molecule has 0 aliphatic rings. The molecule has 0 saturated carbocycles. The minimum atomic E-state index is -4.51. The molecular formula is C42H82NO7P. The van der Waals surface area contributed by atoms with Crippen LogP contribution in [-0.4, -0.2) is 64.1 Å². The number of phosphoric ester groups is 1. The van der Waals surface area contributed by atoms with Crippen LogP contribution in [0.4, 0.5) is 0 Å². The molecule has 0 radical (unpaired) electrons. The first-order chi connectivity index (χ1) is 24.6. The Hall–Kier alpha value is -1.18. The number of esters is 1. The molecule has 8 nitrogen and oxygen atoms in total. The second kappa shape index (κ2) is 35.8. The fourth-order valence-electron chi connectivity index (χ4n) is 5.70. The van der Waals surface area contributed by atoms with Gasteiger partial charge in [0.15, 0.2) is 6.10 Å². The van der Waals surface area contributed by atoms with Gasteiger partial charge in [0.05, 0.1) is 34.0 Å². The lowest BCUT2D eigenvalue weighted by atomic mass is 10.0. The van der Waals surface area contributed by atoms with Crippen molar-refractivity contribution in [2.75, 3.05) is 47.5 Å². The third-order valence-corrected chi connectivity index (χ3v) is 10.1. The van der Waals surface area contributed by atoms with Gasteiger partial charge in [0.25, 0.3) is 7.82 Å². The number of nitrogens with zero attached hydrogens (tertiary/aromatic N) is 1. The SMILES string of the molecule is CCCCCCCC/C=C\CCCCCCCC(=O)OCC(COP(=O)([O-])OCC[N+](C)(C)C)O/C=C\CCCCCCCCCCCCCC. The molecule has 0 saturated heterocycles. The van der Waals surface area contributed by atoms with Crippen molar-refractivity contribution in [2.45, 2.75) is 193 Å². The zero-order valence-corrected chi connectivity index (χ0v) is 35.0. The van der Waals surface area contributed by atoms with E-state index in [4.69, 9.17) is 18.5 Å². The molecule has 0 aromatic rings. The zero-order valence-electron chi connectivity index (χ0n) is 34.1. The summed E-state index contributed by atoms with van der Waals surface area (Å²) in [4.78, 5) is 24.8. The van der Waals surface area contributed by atoms with Gasteiger partial charge in [0.1, 0.15) is 19.8 Å². The minimum Gasteiger partial charge on any atom is -0.756 e. The monoisotopic (exact) mass is 744 g/mol. The highest BCUT2D eigenvalue weighted by Crippen LogP contribution is 2.38. The van der Waals surface area contributed by atoms with Crippen molar-refractivity contribution in [2.24, 2.45) is 0 Å². The Labute approximate surface area is 315 Å². The molecule has 0 fully saturated rings. The summed E-state index contributed by atoms with van der Waals surface area (Å²) < 4.78 is 34.3. The van der Waals surface area contributed by atoms with E-state index in [0.29, 0.717) is 17.4 Å². The van der Waals surface area contributed by atoms with E-state index in [1.807, 2.05) is 27.2 Å². The molecule has 302 valence electrons. The topological polar surface area (TPSA) is 94.1 Å². The number of unbranched alkanes of at least 4 members (excludes halogenated alkanes) is 23. The van der Waals surface area contributed by atoms with Gasteiger partial charge in [-0.25, -0.2) is 0 Å². The quantitative estimate of drug-likeness (QED) is 0.0154. The second-order valence-electron chi connectivity index (χ2n) is 15.4. The maximum absolute atomic E-state index is 12.4. The van der Waals surface area contributed by atoms with E-state index in [0.717, 1.165) is 38.5 Å². The van der Waals surface area contributed by atoms with Crippen molar-refractivity contribution in [1.29, 1.82) is 0 Å². The average Bonchev–Trinajstić information content (AvgIpc) is 3.08. The first-order valence-electron chi connectivity index (χ1n) is 21.1. The van der Waals surface area contributed by atoms with Crippen LogP contribution in [0.1, 0.15) is 187 Å². The normalized spacial score (nSPS) is 14.0. The Kier molecular flexibility index (Phi) is 35.0. The van der Waals surface area contributed by atoms with Crippen molar-refractivity contribution >= 4 is 13.8 Å². The number of phosphoric acid groups is 1. The lowest BCUT2D eigenvalue weighted by Crippen LogP contribution is -2.37. The standard InChI is InChI=1S/C42H82NO7P/c1-6-8-10-12-14-16-18-20-22-23-25-27-29-31-33-35-42(44)48-39-41(40-50-51(45,46)49-38-36-43(3,4)5)47-37-34-32-30-28-26-24-21-19-17-15-13-11-9-7-2/h20,22,34,37,41H,6-19,21,23-33,35-36,38-40H2,1-5H3/b22-20-,37-34-. The predicted octanol–water partition coefficient (Wildman–Crippen LogP) is 11.8. The summed E-state index contributed by atoms with van der Waals surface area (Å²) in [7, 11) is 1.36. The molecule has 0 aliphatic carbocycles. The number of likely N-dealkylation sites (N-methyl/N-ethyl adjacent to an activating group) is 1. The molecule has 0 spiro atoms. The Morgan fingerprint density at radius 3 is 1.51 bits per heavy atom. The summed E-state index contributed by atoms with van der Waals surface area (Å²) in [5, 5.41) is 0. The highest BCUT2D eigenvalue weighted by molar-refractivity contribution is 7.45. The van der Waals surface area contributed by atoms with Crippen molar-refractivity contribution in [3.8, 4) is 0 Å². The molecular weight excluding hydrogens is 661 g/mol. The van der Waals surface area contributed by atoms with Crippen LogP contribution in [0.2, 0.25) is 0 Å². The Balaban J connectivity index is 4.30. The summed E-state index contributed by atoms with van der Waals surface area (Å²) in [6, 6.07) is 0. The molecule has 9 heteroatoms. The van der Waals surface area contributed by atoms with Crippen LogP contribution in [0.25, 0.3) is 0 Å². The van der Waals surface area contributed by atoms with Gasteiger partial charge in [-0.05, 0) is 51.0 Å². The molecule has 0 aromatic heterocycles. The molecule has 0 aliphatic heterocycles. The zero-order chi connectivity index (χ0) is 37.7. The van der Waals surface area contributed by atoms with Gasteiger partial charge in [-0.1, -0.05) is 148 Å². The number of carbonyl (C=O) groups excluding carboxylic acids is 1. The van der Waals surface area contributed by atoms with Crippen molar-refractivity contribution < 1.29 is 37.3 Å². The Bertz CT molecular complexity index is 874. The summed E-state index contributed by atoms with van der Waals surface area (Å²) in [6.45, 7) is 4.70. The van der Waals surface area contributed by atoms with Gasteiger partial charge >= 0.3 is 5.97 Å². The molecule has 51 heavy (non-hydrogen) atoms. The van der Waals surface area contributed by atoms with E-state index in [2.05, 4.69) is 26.0 Å². The summed E-state index contributed by atoms with van der Waals surface area (Å²) in [5.74, 6) is -0.300. The van der Waals surface area contributed by atoms with Crippen LogP contribution in [0.15, 0.2) is 24.5 Å². The minimum absolute atomic E-state index is 0.0275. The van der Waals surface area contributed by atoms with Gasteiger partial charge < -0.3 is 27.9 Å². The smallest absolute Gasteiger partial charge is 0.305 e. The van der Waals surface area contributed by atoms with Gasteiger partial charge in [-0.2, -0.15) is 0 Å². The number of allylic oxidation sites excluding steroid dienone is 3. The first-order valence-corrected chi connectivity index (χ1v) is 22.6. The van der Waals surface area contributed by atoms with Crippen LogP contribution < -0.4 is 4.89 Å². The number of quaternary nitrogens is 1. The third kappa shape index (κ3) is 39.9. The fraction of sp³-hybridized carbons (Fsp3) is 0.881. The summed E-state index contributed by atoms with van der Waals surface area (Å²) in [6.07, 6.45) is 40.0. The summed E-state index contributed by atoms with van der Waals surface area (Å²) >= 11 is 0. The highest BCUT2D eigenvalue weighted by atomic mass is 31.2. The van der Waals surface area contributed by atoms with Crippen molar-refractivity contribution in [3.63, 3.8) is 0 Å². The number of ether oxygens (including phenoxy) is 2. The van der Waals surface area contributed by atoms with Crippen LogP contribution in [0.3, 0.4) is 0 Å². The summed E-state index contributed by atoms with van der Waals surface area (Å²) in [5.41, 5.74) is 0. The Morgan fingerprint density at radius 2 is 1.04 bits per heavy atom. The molecule has 0 rings (SSSR count). The van der Waals surface area contributed by atoms with Crippen LogP contribution >= 0.6 is 7.82 Å². The molecule has 0 aromatic carbocycles. The second-order valence-corrected chi connectivity index (χ2v) is 16.8. The molecule has 0 bridgehead atoms. The van der Waals surface area contributed by atoms with E-state index in [9.17, 15) is 14.3 Å². The van der Waals surface area contributed by atoms with Crippen LogP contribution in [0, 0.1) is 0 Å². The molecule has 0 amide bonds. The van der Waals surface area contributed by atoms with E-state index < -0.39 is 13.9 Å². The lowest BCUT2D eigenvalue weighted by Gasteiger charge is -2.28. The van der Waals surface area contributed by atoms with E-state index >= 15 is 0 Å². The molecule has 0 N–H and O–H groups in total.